The molecule has 4 rings (SSSR count). The molecule has 2 aromatic rings. The quantitative estimate of drug-likeness (QED) is 0.165. The molecule has 48 heavy (non-hydrogen) atoms. The molecule has 0 aromatic heterocycles. The van der Waals surface area contributed by atoms with Crippen molar-refractivity contribution in [3.63, 3.8) is 0 Å². The van der Waals surface area contributed by atoms with Crippen molar-refractivity contribution in [1.82, 2.24) is 0 Å². The van der Waals surface area contributed by atoms with E-state index in [4.69, 9.17) is 18.9 Å². The summed E-state index contributed by atoms with van der Waals surface area (Å²) in [5.41, 5.74) is -5.31. The summed E-state index contributed by atoms with van der Waals surface area (Å²) in [6.07, 6.45) is -25.3. The van der Waals surface area contributed by atoms with Gasteiger partial charge in [-0.1, -0.05) is 12.1 Å². The minimum atomic E-state index is -5.35. The Bertz CT molecular complexity index is 1310. The molecular weight excluding hydrogens is 674 g/mol. The molecule has 0 radical (unpaired) electrons. The topological polar surface area (TPSA) is 217 Å². The van der Waals surface area contributed by atoms with E-state index in [9.17, 15) is 67.2 Å². The lowest BCUT2D eigenvalue weighted by atomic mass is 9.88. The molecule has 1 unspecified atom stereocenters. The first-order valence-corrected chi connectivity index (χ1v) is 13.9. The summed E-state index contributed by atoms with van der Waals surface area (Å²) in [5, 5.41) is 80.8. The average Bonchev–Trinajstić information content (AvgIpc) is 2.98. The van der Waals surface area contributed by atoms with Crippen LogP contribution in [0.3, 0.4) is 0 Å². The summed E-state index contributed by atoms with van der Waals surface area (Å²) >= 11 is 0. The fraction of sp³-hybridized carbons (Fsp3) is 0.571. The molecule has 2 fully saturated rings. The molecule has 0 spiro atoms. The van der Waals surface area contributed by atoms with Crippen LogP contribution in [0.15, 0.2) is 36.4 Å². The van der Waals surface area contributed by atoms with Crippen molar-refractivity contribution in [2.24, 2.45) is 0 Å². The van der Waals surface area contributed by atoms with E-state index in [-0.39, 0.29) is 11.1 Å². The molecule has 0 saturated carbocycles. The number of aliphatic hydroxyl groups excluding tert-OH is 6. The third kappa shape index (κ3) is 7.99. The third-order valence-electron chi connectivity index (χ3n) is 7.66. The highest BCUT2D eigenvalue weighted by Crippen LogP contribution is 2.43. The molecule has 0 amide bonds. The molecule has 20 heteroatoms. The molecule has 10 atom stereocenters. The third-order valence-corrected chi connectivity index (χ3v) is 7.66. The van der Waals surface area contributed by atoms with Crippen LogP contribution in [0.2, 0.25) is 0 Å². The molecule has 0 aliphatic carbocycles. The van der Waals surface area contributed by atoms with E-state index in [0.29, 0.717) is 12.1 Å². The molecular formula is C28H32F6O14. The molecule has 14 nitrogen and oxygen atoms in total. The SMILES string of the molecule is C[C@@]1(O)[C@@H](Oc2ccc(-c3ccc(OC4O[C@H](CO)[C@@H](O)[C@H](O)[C@]4(C)O)c(OC(F)(F)F)c3)cc2OC(F)(F)F)O[C@H](CO)[C@@H](O)[C@@H]1O. The van der Waals surface area contributed by atoms with Crippen LogP contribution in [0, 0.1) is 0 Å². The lowest BCUT2D eigenvalue weighted by Gasteiger charge is -2.45. The minimum absolute atomic E-state index is 0.222. The highest BCUT2D eigenvalue weighted by atomic mass is 19.4. The van der Waals surface area contributed by atoms with Gasteiger partial charge in [-0.05, 0) is 49.2 Å². The Labute approximate surface area is 266 Å². The van der Waals surface area contributed by atoms with E-state index in [1.54, 1.807) is 0 Å². The smallest absolute Gasteiger partial charge is 0.458 e. The summed E-state index contributed by atoms with van der Waals surface area (Å²) in [5.74, 6) is -3.67. The number of aliphatic hydroxyl groups is 8. The highest BCUT2D eigenvalue weighted by molar-refractivity contribution is 5.70. The molecule has 2 aromatic carbocycles. The van der Waals surface area contributed by atoms with E-state index in [0.717, 1.165) is 38.1 Å². The Morgan fingerprint density at radius 3 is 1.25 bits per heavy atom. The molecule has 8 N–H and O–H groups in total. The van der Waals surface area contributed by atoms with Crippen LogP contribution in [0.1, 0.15) is 13.8 Å². The number of ether oxygens (including phenoxy) is 6. The van der Waals surface area contributed by atoms with E-state index in [1.165, 1.54) is 0 Å². The van der Waals surface area contributed by atoms with Crippen molar-refractivity contribution in [2.75, 3.05) is 13.2 Å². The standard InChI is InChI=1S/C28H32F6O14/c1-25(41)21(39)19(37)17(9-35)45-23(25)43-13-5-3-11(7-15(13)47-27(29,30)31)12-4-6-14(16(8-12)48-28(32,33)34)44-24-26(2,42)22(40)20(38)18(10-36)46-24/h3-8,17-24,35-42H,9-10H2,1-2H3/t17-,18-,19-,20-,21+,22+,23+,24?,25+,26+/m1/s1. The van der Waals surface area contributed by atoms with Crippen LogP contribution in [-0.2, 0) is 9.47 Å². The lowest BCUT2D eigenvalue weighted by molar-refractivity contribution is -0.316. The molecule has 270 valence electrons. The largest absolute Gasteiger partial charge is 0.573 e. The van der Waals surface area contributed by atoms with Gasteiger partial charge >= 0.3 is 12.7 Å². The van der Waals surface area contributed by atoms with Crippen LogP contribution in [0.4, 0.5) is 26.3 Å². The predicted octanol–water partition coefficient (Wildman–Crippen LogP) is 0.288. The Morgan fingerprint density at radius 1 is 0.625 bits per heavy atom. The second-order valence-electron chi connectivity index (χ2n) is 11.4. The van der Waals surface area contributed by atoms with Gasteiger partial charge in [0.1, 0.15) is 36.6 Å². The number of hydrogen-bond donors (Lipinski definition) is 8. The van der Waals surface area contributed by atoms with Gasteiger partial charge in [0.05, 0.1) is 13.2 Å². The van der Waals surface area contributed by atoms with E-state index in [1.807, 2.05) is 0 Å². The summed E-state index contributed by atoms with van der Waals surface area (Å²) in [6.45, 7) is 0.119. The second-order valence-corrected chi connectivity index (χ2v) is 11.4. The van der Waals surface area contributed by atoms with Crippen molar-refractivity contribution in [3.05, 3.63) is 36.4 Å². The van der Waals surface area contributed by atoms with Crippen LogP contribution >= 0.6 is 0 Å². The number of hydrogen-bond acceptors (Lipinski definition) is 14. The summed E-state index contributed by atoms with van der Waals surface area (Å²) in [7, 11) is 0. The van der Waals surface area contributed by atoms with Crippen molar-refractivity contribution < 1.29 is 95.6 Å². The maximum absolute atomic E-state index is 13.4. The zero-order valence-electron chi connectivity index (χ0n) is 24.8. The fourth-order valence-corrected chi connectivity index (χ4v) is 4.94. The van der Waals surface area contributed by atoms with E-state index in [2.05, 4.69) is 9.47 Å². The highest BCUT2D eigenvalue weighted by Gasteiger charge is 2.54. The normalized spacial score (nSPS) is 34.4. The number of alkyl halides is 6. The molecule has 0 bridgehead atoms. The van der Waals surface area contributed by atoms with Gasteiger partial charge < -0.3 is 69.3 Å². The zero-order chi connectivity index (χ0) is 36.0. The monoisotopic (exact) mass is 706 g/mol. The Hall–Kier alpha value is -3.18. The van der Waals surface area contributed by atoms with Crippen LogP contribution in [0.25, 0.3) is 11.1 Å². The van der Waals surface area contributed by atoms with Crippen molar-refractivity contribution >= 4 is 0 Å². The Balaban J connectivity index is 1.71. The first kappa shape index (κ1) is 37.6. The van der Waals surface area contributed by atoms with E-state index >= 15 is 0 Å². The van der Waals surface area contributed by atoms with Crippen LogP contribution < -0.4 is 18.9 Å². The van der Waals surface area contributed by atoms with Crippen molar-refractivity contribution in [1.29, 1.82) is 0 Å². The lowest BCUT2D eigenvalue weighted by Crippen LogP contribution is -2.66. The van der Waals surface area contributed by atoms with Gasteiger partial charge in [-0.2, -0.15) is 0 Å². The maximum Gasteiger partial charge on any atom is 0.573 e. The average molecular weight is 707 g/mol. The number of benzene rings is 2. The van der Waals surface area contributed by atoms with Gasteiger partial charge in [-0.25, -0.2) is 0 Å². The molecule has 2 heterocycles. The van der Waals surface area contributed by atoms with Gasteiger partial charge in [0.15, 0.2) is 34.2 Å². The van der Waals surface area contributed by atoms with Crippen LogP contribution in [0.5, 0.6) is 23.0 Å². The zero-order valence-corrected chi connectivity index (χ0v) is 24.8. The van der Waals surface area contributed by atoms with Gasteiger partial charge in [-0.15, -0.1) is 26.3 Å². The van der Waals surface area contributed by atoms with Crippen molar-refractivity contribution in [2.45, 2.75) is 87.0 Å². The predicted molar refractivity (Wildman–Crippen MR) is 143 cm³/mol. The molecule has 2 saturated heterocycles. The Kier molecular flexibility index (Phi) is 10.7. The number of halogens is 6. The van der Waals surface area contributed by atoms with E-state index < -0.39 is 109 Å². The first-order valence-electron chi connectivity index (χ1n) is 13.9. The summed E-state index contributed by atoms with van der Waals surface area (Å²) in [4.78, 5) is 0. The summed E-state index contributed by atoms with van der Waals surface area (Å²) < 4.78 is 110. The minimum Gasteiger partial charge on any atom is -0.458 e. The van der Waals surface area contributed by atoms with Gasteiger partial charge in [0.25, 0.3) is 0 Å². The summed E-state index contributed by atoms with van der Waals surface area (Å²) in [6, 6.07) is 5.25. The van der Waals surface area contributed by atoms with Gasteiger partial charge in [0.2, 0.25) is 12.6 Å². The van der Waals surface area contributed by atoms with Crippen molar-refractivity contribution in [3.8, 4) is 34.1 Å². The second kappa shape index (κ2) is 13.6. The first-order chi connectivity index (χ1) is 22.1. The van der Waals surface area contributed by atoms with Crippen LogP contribution in [-0.4, -0.2) is 127 Å². The maximum atomic E-state index is 13.4. The molecule has 2 aliphatic heterocycles. The number of rotatable bonds is 9. The Morgan fingerprint density at radius 2 is 0.958 bits per heavy atom. The van der Waals surface area contributed by atoms with Gasteiger partial charge in [-0.3, -0.25) is 0 Å². The fourth-order valence-electron chi connectivity index (χ4n) is 4.94. The van der Waals surface area contributed by atoms with Gasteiger partial charge in [0, 0.05) is 0 Å². The molecule has 2 aliphatic rings.